The molecule has 2 aliphatic rings. The summed E-state index contributed by atoms with van der Waals surface area (Å²) in [4.78, 5) is 29.3. The first-order valence-corrected chi connectivity index (χ1v) is 10.2. The molecule has 4 amide bonds. The van der Waals surface area contributed by atoms with E-state index in [9.17, 15) is 14.8 Å². The molecular formula is C19H36N4O3. The Balaban J connectivity index is 2.23. The molecule has 150 valence electrons. The van der Waals surface area contributed by atoms with Crippen molar-refractivity contribution in [3.05, 3.63) is 0 Å². The third-order valence-electron chi connectivity index (χ3n) is 5.69. The molecule has 0 aromatic rings. The van der Waals surface area contributed by atoms with E-state index in [1.54, 1.807) is 4.90 Å². The van der Waals surface area contributed by atoms with Gasteiger partial charge in [-0.05, 0) is 39.5 Å². The van der Waals surface area contributed by atoms with E-state index in [0.717, 1.165) is 56.4 Å². The highest BCUT2D eigenvalue weighted by molar-refractivity contribution is 5.81. The van der Waals surface area contributed by atoms with Gasteiger partial charge in [-0.2, -0.15) is 5.06 Å². The number of hydrogen-bond acceptors (Lipinski definition) is 3. The molecular weight excluding hydrogens is 332 g/mol. The quantitative estimate of drug-likeness (QED) is 0.389. The Hall–Kier alpha value is -1.50. The Morgan fingerprint density at radius 2 is 1.85 bits per heavy atom. The highest BCUT2D eigenvalue weighted by Crippen LogP contribution is 2.40. The summed E-state index contributed by atoms with van der Waals surface area (Å²) in [6.07, 6.45) is 7.21. The van der Waals surface area contributed by atoms with Crippen LogP contribution < -0.4 is 5.32 Å². The number of carbonyl (C=O) groups is 2. The van der Waals surface area contributed by atoms with E-state index in [-0.39, 0.29) is 12.1 Å². The predicted molar refractivity (Wildman–Crippen MR) is 101 cm³/mol. The Morgan fingerprint density at radius 1 is 1.23 bits per heavy atom. The molecule has 26 heavy (non-hydrogen) atoms. The average Bonchev–Trinajstić information content (AvgIpc) is 3.17. The SMILES string of the molecule is CCCCNC(=O)N(O)[C@@H]1N(CCCC)C(=O)N(C2CCCC2)C1(C)C. The zero-order valence-corrected chi connectivity index (χ0v) is 16.8. The Kier molecular flexibility index (Phi) is 7.15. The number of unbranched alkanes of at least 4 members (excludes halogenated alkanes) is 2. The molecule has 2 fully saturated rings. The lowest BCUT2D eigenvalue weighted by Crippen LogP contribution is -2.59. The minimum absolute atomic E-state index is 0.0549. The van der Waals surface area contributed by atoms with Crippen molar-refractivity contribution in [2.75, 3.05) is 13.1 Å². The first-order valence-electron chi connectivity index (χ1n) is 10.2. The Labute approximate surface area is 157 Å². The first kappa shape index (κ1) is 20.8. The second-order valence-electron chi connectivity index (χ2n) is 8.10. The van der Waals surface area contributed by atoms with Crippen molar-refractivity contribution in [3.8, 4) is 0 Å². The first-order chi connectivity index (χ1) is 12.4. The van der Waals surface area contributed by atoms with E-state index in [4.69, 9.17) is 0 Å². The van der Waals surface area contributed by atoms with Crippen molar-refractivity contribution in [1.82, 2.24) is 20.2 Å². The second kappa shape index (κ2) is 8.93. The number of urea groups is 2. The van der Waals surface area contributed by atoms with Crippen LogP contribution in [0.15, 0.2) is 0 Å². The highest BCUT2D eigenvalue weighted by atomic mass is 16.5. The molecule has 1 aliphatic heterocycles. The molecule has 2 N–H and O–H groups in total. The van der Waals surface area contributed by atoms with E-state index in [1.807, 2.05) is 25.7 Å². The van der Waals surface area contributed by atoms with Gasteiger partial charge in [-0.25, -0.2) is 9.59 Å². The van der Waals surface area contributed by atoms with Gasteiger partial charge in [0.05, 0.1) is 5.54 Å². The summed E-state index contributed by atoms with van der Waals surface area (Å²) in [5.41, 5.74) is -0.642. The lowest BCUT2D eigenvalue weighted by molar-refractivity contribution is -0.135. The monoisotopic (exact) mass is 368 g/mol. The van der Waals surface area contributed by atoms with Crippen LogP contribution in [0.2, 0.25) is 0 Å². The van der Waals surface area contributed by atoms with Crippen molar-refractivity contribution >= 4 is 12.1 Å². The third kappa shape index (κ3) is 4.08. The maximum Gasteiger partial charge on any atom is 0.343 e. The summed E-state index contributed by atoms with van der Waals surface area (Å²) >= 11 is 0. The van der Waals surface area contributed by atoms with Gasteiger partial charge in [-0.3, -0.25) is 10.1 Å². The van der Waals surface area contributed by atoms with Gasteiger partial charge >= 0.3 is 12.1 Å². The van der Waals surface area contributed by atoms with E-state index in [1.165, 1.54) is 0 Å². The molecule has 1 atom stereocenters. The van der Waals surface area contributed by atoms with Crippen LogP contribution in [-0.4, -0.2) is 63.0 Å². The summed E-state index contributed by atoms with van der Waals surface area (Å²) in [6.45, 7) is 9.11. The van der Waals surface area contributed by atoms with Gasteiger partial charge in [0, 0.05) is 19.1 Å². The van der Waals surface area contributed by atoms with E-state index in [2.05, 4.69) is 12.2 Å². The van der Waals surface area contributed by atoms with Crippen LogP contribution in [0.25, 0.3) is 0 Å². The number of nitrogens with one attached hydrogen (secondary N) is 1. The summed E-state index contributed by atoms with van der Waals surface area (Å²) in [6, 6.07) is -0.386. The van der Waals surface area contributed by atoms with Crippen molar-refractivity contribution in [1.29, 1.82) is 0 Å². The summed E-state index contributed by atoms with van der Waals surface area (Å²) in [7, 11) is 0. The fraction of sp³-hybridized carbons (Fsp3) is 0.895. The molecule has 0 unspecified atom stereocenters. The lowest BCUT2D eigenvalue weighted by Gasteiger charge is -2.40. The van der Waals surface area contributed by atoms with Gasteiger partial charge in [0.25, 0.3) is 0 Å². The molecule has 1 saturated carbocycles. The van der Waals surface area contributed by atoms with Crippen molar-refractivity contribution in [2.24, 2.45) is 0 Å². The maximum atomic E-state index is 13.2. The lowest BCUT2D eigenvalue weighted by atomic mass is 9.97. The number of nitrogens with zero attached hydrogens (tertiary/aromatic N) is 3. The molecule has 0 bridgehead atoms. The van der Waals surface area contributed by atoms with Crippen molar-refractivity contribution in [3.63, 3.8) is 0 Å². The van der Waals surface area contributed by atoms with Crippen molar-refractivity contribution < 1.29 is 14.8 Å². The van der Waals surface area contributed by atoms with E-state index in [0.29, 0.717) is 13.1 Å². The summed E-state index contributed by atoms with van der Waals surface area (Å²) < 4.78 is 0. The van der Waals surface area contributed by atoms with Crippen LogP contribution >= 0.6 is 0 Å². The van der Waals surface area contributed by atoms with Gasteiger partial charge in [-0.1, -0.05) is 39.5 Å². The molecule has 1 heterocycles. The van der Waals surface area contributed by atoms with Crippen molar-refractivity contribution in [2.45, 2.75) is 96.8 Å². The van der Waals surface area contributed by atoms with Gasteiger partial charge in [0.1, 0.15) is 0 Å². The van der Waals surface area contributed by atoms with E-state index >= 15 is 0 Å². The van der Waals surface area contributed by atoms with Crippen LogP contribution in [0.5, 0.6) is 0 Å². The summed E-state index contributed by atoms with van der Waals surface area (Å²) in [5, 5.41) is 14.2. The number of carbonyl (C=O) groups excluding carboxylic acids is 2. The average molecular weight is 369 g/mol. The van der Waals surface area contributed by atoms with Crippen LogP contribution in [0.4, 0.5) is 9.59 Å². The van der Waals surface area contributed by atoms with Gasteiger partial charge in [-0.15, -0.1) is 0 Å². The molecule has 1 aliphatic carbocycles. The molecule has 0 radical (unpaired) electrons. The number of hydroxylamine groups is 2. The zero-order valence-electron chi connectivity index (χ0n) is 16.8. The van der Waals surface area contributed by atoms with E-state index < -0.39 is 17.7 Å². The molecule has 1 saturated heterocycles. The fourth-order valence-electron chi connectivity index (χ4n) is 4.33. The number of rotatable bonds is 8. The molecule has 0 aromatic carbocycles. The van der Waals surface area contributed by atoms with Crippen LogP contribution in [-0.2, 0) is 0 Å². The Bertz CT molecular complexity index is 491. The molecule has 0 aromatic heterocycles. The molecule has 7 nitrogen and oxygen atoms in total. The summed E-state index contributed by atoms with van der Waals surface area (Å²) in [5.74, 6) is 0. The smallest absolute Gasteiger partial charge is 0.336 e. The van der Waals surface area contributed by atoms with Crippen LogP contribution in [0.3, 0.4) is 0 Å². The largest absolute Gasteiger partial charge is 0.343 e. The maximum absolute atomic E-state index is 13.2. The van der Waals surface area contributed by atoms with Crippen LogP contribution in [0.1, 0.15) is 79.1 Å². The number of hydrogen-bond donors (Lipinski definition) is 2. The van der Waals surface area contributed by atoms with Gasteiger partial charge < -0.3 is 10.2 Å². The van der Waals surface area contributed by atoms with Crippen LogP contribution in [0, 0.1) is 0 Å². The zero-order chi connectivity index (χ0) is 19.3. The molecule has 0 spiro atoms. The molecule has 7 heteroatoms. The number of amides is 4. The minimum Gasteiger partial charge on any atom is -0.336 e. The fourth-order valence-corrected chi connectivity index (χ4v) is 4.33. The predicted octanol–water partition coefficient (Wildman–Crippen LogP) is 3.77. The standard InChI is InChI=1S/C19H36N4O3/c1-5-7-13-20-17(24)23(26)16-19(3,4)22(15-11-9-10-12-15)18(25)21(16)14-8-6-2/h15-16,26H,5-14H2,1-4H3,(H,20,24)/t16-/m0/s1. The van der Waals surface area contributed by atoms with Gasteiger partial charge in [0.2, 0.25) is 0 Å². The second-order valence-corrected chi connectivity index (χ2v) is 8.10. The van der Waals surface area contributed by atoms with Gasteiger partial charge in [0.15, 0.2) is 6.17 Å². The topological polar surface area (TPSA) is 76.1 Å². The molecule has 2 rings (SSSR count). The normalized spacial score (nSPS) is 23.0. The Morgan fingerprint density at radius 3 is 2.42 bits per heavy atom. The minimum atomic E-state index is -0.677. The highest BCUT2D eigenvalue weighted by Gasteiger charge is 2.57. The third-order valence-corrected chi connectivity index (χ3v) is 5.69.